The van der Waals surface area contributed by atoms with Crippen molar-refractivity contribution in [2.24, 2.45) is 7.05 Å². The van der Waals surface area contributed by atoms with Gasteiger partial charge in [0.05, 0.1) is 12.8 Å². The molecule has 2 aromatic heterocycles. The highest BCUT2D eigenvalue weighted by Gasteiger charge is 2.26. The second-order valence-electron chi connectivity index (χ2n) is 5.65. The molecular weight excluding hydrogens is 242 g/mol. The van der Waals surface area contributed by atoms with Gasteiger partial charge in [0.1, 0.15) is 11.2 Å². The predicted molar refractivity (Wildman–Crippen MR) is 73.3 cm³/mol. The van der Waals surface area contributed by atoms with Crippen LogP contribution in [0.4, 0.5) is 0 Å². The minimum Gasteiger partial charge on any atom is -0.380 e. The van der Waals surface area contributed by atoms with Crippen LogP contribution in [0.5, 0.6) is 0 Å². The Hall–Kier alpha value is -1.75. The SMILES string of the molecule is COCc1c(C(C)(C)C)n(C)c2nc(C=O)cnc12. The Morgan fingerprint density at radius 3 is 2.63 bits per heavy atom. The molecule has 0 aliphatic heterocycles. The number of carbonyl (C=O) groups excluding carboxylic acids is 1. The molecule has 19 heavy (non-hydrogen) atoms. The highest BCUT2D eigenvalue weighted by molar-refractivity contribution is 5.82. The van der Waals surface area contributed by atoms with Crippen LogP contribution in [0.3, 0.4) is 0 Å². The van der Waals surface area contributed by atoms with E-state index >= 15 is 0 Å². The van der Waals surface area contributed by atoms with Crippen molar-refractivity contribution in [3.8, 4) is 0 Å². The summed E-state index contributed by atoms with van der Waals surface area (Å²) in [6.07, 6.45) is 2.22. The average molecular weight is 261 g/mol. The molecule has 0 fully saturated rings. The summed E-state index contributed by atoms with van der Waals surface area (Å²) < 4.78 is 7.29. The number of aryl methyl sites for hydroxylation is 1. The third-order valence-electron chi connectivity index (χ3n) is 3.12. The van der Waals surface area contributed by atoms with E-state index in [-0.39, 0.29) is 5.41 Å². The van der Waals surface area contributed by atoms with Gasteiger partial charge >= 0.3 is 0 Å². The summed E-state index contributed by atoms with van der Waals surface area (Å²) in [5.74, 6) is 0. The molecule has 0 aliphatic rings. The topological polar surface area (TPSA) is 57.0 Å². The van der Waals surface area contributed by atoms with Crippen molar-refractivity contribution in [1.29, 1.82) is 0 Å². The molecule has 0 spiro atoms. The Morgan fingerprint density at radius 2 is 2.11 bits per heavy atom. The zero-order chi connectivity index (χ0) is 14.2. The normalized spacial score (nSPS) is 12.1. The lowest BCUT2D eigenvalue weighted by molar-refractivity contribution is 0.111. The van der Waals surface area contributed by atoms with Gasteiger partial charge in [-0.3, -0.25) is 9.78 Å². The standard InChI is InChI=1S/C14H19N3O2/c1-14(2,3)12-10(8-19-5)11-13(17(12)4)16-9(7-18)6-15-11/h6-7H,8H2,1-5H3. The fraction of sp³-hybridized carbons (Fsp3) is 0.500. The highest BCUT2D eigenvalue weighted by Crippen LogP contribution is 2.32. The molecule has 2 rings (SSSR count). The molecule has 0 aromatic carbocycles. The van der Waals surface area contributed by atoms with Gasteiger partial charge in [0.25, 0.3) is 0 Å². The summed E-state index contributed by atoms with van der Waals surface area (Å²) in [4.78, 5) is 19.6. The first-order chi connectivity index (χ1) is 8.90. The quantitative estimate of drug-likeness (QED) is 0.795. The molecule has 2 heterocycles. The maximum atomic E-state index is 10.8. The number of hydrogen-bond donors (Lipinski definition) is 0. The lowest BCUT2D eigenvalue weighted by atomic mass is 9.89. The number of methoxy groups -OCH3 is 1. The smallest absolute Gasteiger partial charge is 0.170 e. The first-order valence-electron chi connectivity index (χ1n) is 6.19. The minimum absolute atomic E-state index is 0.0493. The molecule has 0 aliphatic carbocycles. The number of rotatable bonds is 3. The number of ether oxygens (including phenoxy) is 1. The number of aromatic nitrogens is 3. The molecule has 5 nitrogen and oxygen atoms in total. The summed E-state index contributed by atoms with van der Waals surface area (Å²) in [5.41, 5.74) is 4.00. The maximum Gasteiger partial charge on any atom is 0.170 e. The number of hydrogen-bond acceptors (Lipinski definition) is 4. The second-order valence-corrected chi connectivity index (χ2v) is 5.65. The molecule has 5 heteroatoms. The van der Waals surface area contributed by atoms with E-state index < -0.39 is 0 Å². The van der Waals surface area contributed by atoms with Gasteiger partial charge in [-0.1, -0.05) is 20.8 Å². The first-order valence-corrected chi connectivity index (χ1v) is 6.19. The van der Waals surface area contributed by atoms with Crippen LogP contribution in [0.25, 0.3) is 11.2 Å². The molecule has 0 radical (unpaired) electrons. The van der Waals surface area contributed by atoms with E-state index in [1.807, 2.05) is 11.6 Å². The molecule has 0 saturated carbocycles. The molecule has 0 unspecified atom stereocenters. The van der Waals surface area contributed by atoms with E-state index in [1.165, 1.54) is 6.20 Å². The minimum atomic E-state index is -0.0493. The van der Waals surface area contributed by atoms with E-state index in [0.29, 0.717) is 18.6 Å². The lowest BCUT2D eigenvalue weighted by Gasteiger charge is -2.21. The van der Waals surface area contributed by atoms with Crippen molar-refractivity contribution in [2.75, 3.05) is 7.11 Å². The van der Waals surface area contributed by atoms with E-state index in [2.05, 4.69) is 30.7 Å². The summed E-state index contributed by atoms with van der Waals surface area (Å²) >= 11 is 0. The van der Waals surface area contributed by atoms with Gasteiger partial charge < -0.3 is 9.30 Å². The predicted octanol–water partition coefficient (Wildman–Crippen LogP) is 2.22. The van der Waals surface area contributed by atoms with Crippen molar-refractivity contribution >= 4 is 17.5 Å². The monoisotopic (exact) mass is 261 g/mol. The van der Waals surface area contributed by atoms with E-state index in [4.69, 9.17) is 4.74 Å². The van der Waals surface area contributed by atoms with Crippen molar-refractivity contribution in [1.82, 2.24) is 14.5 Å². The number of aldehydes is 1. The molecule has 2 aromatic rings. The Labute approximate surface area is 112 Å². The number of fused-ring (bicyclic) bond motifs is 1. The van der Waals surface area contributed by atoms with Gasteiger partial charge in [0.15, 0.2) is 11.9 Å². The van der Waals surface area contributed by atoms with Gasteiger partial charge in [-0.25, -0.2) is 4.98 Å². The molecule has 0 atom stereocenters. The average Bonchev–Trinajstić information content (AvgIpc) is 2.62. The maximum absolute atomic E-state index is 10.8. The Balaban J connectivity index is 2.82. The molecule has 0 amide bonds. The van der Waals surface area contributed by atoms with E-state index in [0.717, 1.165) is 22.4 Å². The fourth-order valence-corrected chi connectivity index (χ4v) is 2.55. The molecule has 0 N–H and O–H groups in total. The van der Waals surface area contributed by atoms with Crippen LogP contribution in [-0.2, 0) is 23.8 Å². The second kappa shape index (κ2) is 4.74. The molecule has 102 valence electrons. The zero-order valence-corrected chi connectivity index (χ0v) is 12.0. The fourth-order valence-electron chi connectivity index (χ4n) is 2.55. The highest BCUT2D eigenvalue weighted by atomic mass is 16.5. The van der Waals surface area contributed by atoms with Crippen LogP contribution in [-0.4, -0.2) is 27.9 Å². The lowest BCUT2D eigenvalue weighted by Crippen LogP contribution is -2.18. The Kier molecular flexibility index (Phi) is 3.41. The van der Waals surface area contributed by atoms with Crippen molar-refractivity contribution in [3.05, 3.63) is 23.1 Å². The first kappa shape index (κ1) is 13.7. The number of carbonyl (C=O) groups is 1. The van der Waals surface area contributed by atoms with Gasteiger partial charge in [-0.15, -0.1) is 0 Å². The van der Waals surface area contributed by atoms with E-state index in [9.17, 15) is 4.79 Å². The molecule has 0 saturated heterocycles. The summed E-state index contributed by atoms with van der Waals surface area (Å²) in [6.45, 7) is 6.90. The molecular formula is C14H19N3O2. The third-order valence-corrected chi connectivity index (χ3v) is 3.12. The van der Waals surface area contributed by atoms with Gasteiger partial charge in [0.2, 0.25) is 0 Å². The Bertz CT molecular complexity index is 624. The Morgan fingerprint density at radius 1 is 1.42 bits per heavy atom. The van der Waals surface area contributed by atoms with Gasteiger partial charge in [0, 0.05) is 30.8 Å². The van der Waals surface area contributed by atoms with Gasteiger partial charge in [-0.05, 0) is 0 Å². The van der Waals surface area contributed by atoms with Crippen LogP contribution < -0.4 is 0 Å². The summed E-state index contributed by atoms with van der Waals surface area (Å²) in [7, 11) is 3.61. The van der Waals surface area contributed by atoms with Crippen molar-refractivity contribution < 1.29 is 9.53 Å². The van der Waals surface area contributed by atoms with Crippen LogP contribution in [0, 0.1) is 0 Å². The van der Waals surface area contributed by atoms with Crippen LogP contribution in [0.1, 0.15) is 42.5 Å². The van der Waals surface area contributed by atoms with Crippen molar-refractivity contribution in [2.45, 2.75) is 32.8 Å². The summed E-state index contributed by atoms with van der Waals surface area (Å²) in [6, 6.07) is 0. The summed E-state index contributed by atoms with van der Waals surface area (Å²) in [5, 5.41) is 0. The van der Waals surface area contributed by atoms with Crippen LogP contribution in [0.2, 0.25) is 0 Å². The van der Waals surface area contributed by atoms with E-state index in [1.54, 1.807) is 7.11 Å². The molecule has 0 bridgehead atoms. The number of nitrogens with zero attached hydrogens (tertiary/aromatic N) is 3. The van der Waals surface area contributed by atoms with Crippen LogP contribution in [0.15, 0.2) is 6.20 Å². The third kappa shape index (κ3) is 2.26. The van der Waals surface area contributed by atoms with Crippen molar-refractivity contribution in [3.63, 3.8) is 0 Å². The zero-order valence-electron chi connectivity index (χ0n) is 12.0. The van der Waals surface area contributed by atoms with Gasteiger partial charge in [-0.2, -0.15) is 0 Å². The van der Waals surface area contributed by atoms with Crippen LogP contribution >= 0.6 is 0 Å². The largest absolute Gasteiger partial charge is 0.380 e.